The van der Waals surface area contributed by atoms with Crippen molar-refractivity contribution < 1.29 is 9.90 Å². The van der Waals surface area contributed by atoms with Gasteiger partial charge in [0.25, 0.3) is 0 Å². The van der Waals surface area contributed by atoms with Crippen molar-refractivity contribution in [2.24, 2.45) is 11.7 Å². The largest absolute Gasteiger partial charge is 0.465 e. The highest BCUT2D eigenvalue weighted by Crippen LogP contribution is 2.28. The van der Waals surface area contributed by atoms with Crippen LogP contribution in [0.4, 0.5) is 4.79 Å². The highest BCUT2D eigenvalue weighted by molar-refractivity contribution is 7.80. The summed E-state index contributed by atoms with van der Waals surface area (Å²) in [5.41, 5.74) is 6.47. The standard InChI is InChI=1S/C16H23N3O2S/c17-15(22)18-10-12-6-8-14(9-7-12)19(16(20)21)11-13-4-2-1-3-5-13/h1-5,12,14H,6-11H2,(H,20,21)(H3,17,18,22). The van der Waals surface area contributed by atoms with Gasteiger partial charge in [-0.25, -0.2) is 4.79 Å². The molecule has 1 aromatic carbocycles. The fourth-order valence-corrected chi connectivity index (χ4v) is 3.12. The van der Waals surface area contributed by atoms with Crippen LogP contribution in [-0.2, 0) is 6.54 Å². The summed E-state index contributed by atoms with van der Waals surface area (Å²) in [5.74, 6) is 0.519. The van der Waals surface area contributed by atoms with Gasteiger partial charge in [-0.15, -0.1) is 0 Å². The van der Waals surface area contributed by atoms with Crippen LogP contribution in [0.1, 0.15) is 31.2 Å². The predicted octanol–water partition coefficient (Wildman–Crippen LogP) is 2.56. The van der Waals surface area contributed by atoms with Gasteiger partial charge in [0.2, 0.25) is 0 Å². The van der Waals surface area contributed by atoms with Crippen LogP contribution in [0.3, 0.4) is 0 Å². The zero-order chi connectivity index (χ0) is 15.9. The van der Waals surface area contributed by atoms with E-state index in [1.165, 1.54) is 0 Å². The summed E-state index contributed by atoms with van der Waals surface area (Å²) in [6.07, 6.45) is 2.94. The van der Waals surface area contributed by atoms with E-state index in [0.717, 1.165) is 37.8 Å². The number of amides is 1. The van der Waals surface area contributed by atoms with Gasteiger partial charge >= 0.3 is 6.09 Å². The Morgan fingerprint density at radius 3 is 2.45 bits per heavy atom. The van der Waals surface area contributed by atoms with Gasteiger partial charge in [0.15, 0.2) is 5.11 Å². The molecule has 0 saturated heterocycles. The van der Waals surface area contributed by atoms with Crippen LogP contribution in [0, 0.1) is 5.92 Å². The molecule has 22 heavy (non-hydrogen) atoms. The number of thiocarbonyl (C=S) groups is 1. The third-order valence-corrected chi connectivity index (χ3v) is 4.41. The maximum atomic E-state index is 11.6. The molecule has 1 aliphatic rings. The smallest absolute Gasteiger partial charge is 0.407 e. The number of hydrogen-bond acceptors (Lipinski definition) is 2. The Bertz CT molecular complexity index is 501. The van der Waals surface area contributed by atoms with Gasteiger partial charge in [0, 0.05) is 19.1 Å². The van der Waals surface area contributed by atoms with Gasteiger partial charge in [0.1, 0.15) is 0 Å². The number of nitrogens with zero attached hydrogens (tertiary/aromatic N) is 1. The molecule has 120 valence electrons. The molecule has 0 spiro atoms. The molecule has 5 nitrogen and oxygen atoms in total. The van der Waals surface area contributed by atoms with Gasteiger partial charge < -0.3 is 21.1 Å². The minimum absolute atomic E-state index is 0.0961. The van der Waals surface area contributed by atoms with Crippen LogP contribution in [0.5, 0.6) is 0 Å². The third kappa shape index (κ3) is 4.87. The number of hydrogen-bond donors (Lipinski definition) is 3. The Hall–Kier alpha value is -1.82. The third-order valence-electron chi connectivity index (χ3n) is 4.26. The van der Waals surface area contributed by atoms with Gasteiger partial charge in [-0.05, 0) is 49.4 Å². The van der Waals surface area contributed by atoms with Crippen LogP contribution in [-0.4, -0.2) is 33.8 Å². The lowest BCUT2D eigenvalue weighted by Crippen LogP contribution is -2.42. The fourth-order valence-electron chi connectivity index (χ4n) is 3.04. The topological polar surface area (TPSA) is 78.6 Å². The van der Waals surface area contributed by atoms with Crippen LogP contribution in [0.15, 0.2) is 30.3 Å². The molecular weight excluding hydrogens is 298 g/mol. The maximum Gasteiger partial charge on any atom is 0.407 e. The van der Waals surface area contributed by atoms with Crippen molar-refractivity contribution in [2.45, 2.75) is 38.3 Å². The van der Waals surface area contributed by atoms with E-state index < -0.39 is 6.09 Å². The molecule has 1 aliphatic carbocycles. The molecule has 1 amide bonds. The minimum atomic E-state index is -0.839. The summed E-state index contributed by atoms with van der Waals surface area (Å²) in [6, 6.07) is 9.84. The molecule has 0 heterocycles. The molecule has 0 bridgehead atoms. The van der Waals surface area contributed by atoms with Crippen LogP contribution in [0.25, 0.3) is 0 Å². The van der Waals surface area contributed by atoms with E-state index in [9.17, 15) is 9.90 Å². The van der Waals surface area contributed by atoms with Gasteiger partial charge in [0.05, 0.1) is 0 Å². The number of carbonyl (C=O) groups is 1. The number of carboxylic acid groups (broad SMARTS) is 1. The first-order valence-electron chi connectivity index (χ1n) is 7.63. The van der Waals surface area contributed by atoms with Crippen molar-refractivity contribution >= 4 is 23.4 Å². The Balaban J connectivity index is 1.89. The minimum Gasteiger partial charge on any atom is -0.465 e. The Morgan fingerprint density at radius 1 is 1.27 bits per heavy atom. The number of nitrogens with two attached hydrogens (primary N) is 1. The first-order chi connectivity index (χ1) is 10.6. The highest BCUT2D eigenvalue weighted by Gasteiger charge is 2.28. The van der Waals surface area contributed by atoms with E-state index in [2.05, 4.69) is 5.32 Å². The number of nitrogens with one attached hydrogen (secondary N) is 1. The molecule has 6 heteroatoms. The zero-order valence-electron chi connectivity index (χ0n) is 12.6. The molecular formula is C16H23N3O2S. The SMILES string of the molecule is NC(=S)NCC1CCC(N(Cc2ccccc2)C(=O)O)CC1. The number of benzene rings is 1. The van der Waals surface area contributed by atoms with Crippen LogP contribution < -0.4 is 11.1 Å². The van der Waals surface area contributed by atoms with E-state index in [4.69, 9.17) is 18.0 Å². The normalized spacial score (nSPS) is 21.1. The van der Waals surface area contributed by atoms with Crippen molar-refractivity contribution in [3.8, 4) is 0 Å². The quantitative estimate of drug-likeness (QED) is 0.727. The molecule has 2 rings (SSSR count). The highest BCUT2D eigenvalue weighted by atomic mass is 32.1. The molecule has 1 fully saturated rings. The Labute approximate surface area is 136 Å². The van der Waals surface area contributed by atoms with Gasteiger partial charge in [-0.1, -0.05) is 30.3 Å². The molecule has 0 unspecified atom stereocenters. The Morgan fingerprint density at radius 2 is 1.91 bits per heavy atom. The van der Waals surface area contributed by atoms with E-state index in [0.29, 0.717) is 17.6 Å². The summed E-state index contributed by atoms with van der Waals surface area (Å²) in [6.45, 7) is 1.24. The molecule has 0 radical (unpaired) electrons. The van der Waals surface area contributed by atoms with Crippen molar-refractivity contribution in [1.82, 2.24) is 10.2 Å². The zero-order valence-corrected chi connectivity index (χ0v) is 13.4. The maximum absolute atomic E-state index is 11.6. The molecule has 0 aromatic heterocycles. The lowest BCUT2D eigenvalue weighted by atomic mass is 9.85. The van der Waals surface area contributed by atoms with Crippen LogP contribution in [0.2, 0.25) is 0 Å². The van der Waals surface area contributed by atoms with Crippen molar-refractivity contribution in [1.29, 1.82) is 0 Å². The first kappa shape index (κ1) is 16.5. The molecule has 0 atom stereocenters. The van der Waals surface area contributed by atoms with Crippen molar-refractivity contribution in [2.75, 3.05) is 6.54 Å². The summed E-state index contributed by atoms with van der Waals surface area (Å²) in [7, 11) is 0. The molecule has 1 aromatic rings. The average molecular weight is 321 g/mol. The lowest BCUT2D eigenvalue weighted by Gasteiger charge is -2.35. The second kappa shape index (κ2) is 7.98. The van der Waals surface area contributed by atoms with E-state index >= 15 is 0 Å². The summed E-state index contributed by atoms with van der Waals surface area (Å²) in [5, 5.41) is 12.8. The fraction of sp³-hybridized carbons (Fsp3) is 0.500. The second-order valence-electron chi connectivity index (χ2n) is 5.82. The molecule has 1 saturated carbocycles. The van der Waals surface area contributed by atoms with E-state index in [1.54, 1.807) is 4.90 Å². The van der Waals surface area contributed by atoms with Gasteiger partial charge in [-0.2, -0.15) is 0 Å². The van der Waals surface area contributed by atoms with Gasteiger partial charge in [-0.3, -0.25) is 0 Å². The predicted molar refractivity (Wildman–Crippen MR) is 90.5 cm³/mol. The van der Waals surface area contributed by atoms with Crippen molar-refractivity contribution in [3.05, 3.63) is 35.9 Å². The van der Waals surface area contributed by atoms with E-state index in [1.807, 2.05) is 30.3 Å². The summed E-state index contributed by atoms with van der Waals surface area (Å²) >= 11 is 4.82. The monoisotopic (exact) mass is 321 g/mol. The summed E-state index contributed by atoms with van der Waals surface area (Å²) in [4.78, 5) is 13.2. The molecule has 0 aliphatic heterocycles. The molecule has 4 N–H and O–H groups in total. The average Bonchev–Trinajstić information content (AvgIpc) is 2.52. The second-order valence-corrected chi connectivity index (χ2v) is 6.26. The lowest BCUT2D eigenvalue weighted by molar-refractivity contribution is 0.0993. The van der Waals surface area contributed by atoms with E-state index in [-0.39, 0.29) is 6.04 Å². The Kier molecular flexibility index (Phi) is 6.00. The number of rotatable bonds is 5. The van der Waals surface area contributed by atoms with Crippen LogP contribution >= 0.6 is 12.2 Å². The summed E-state index contributed by atoms with van der Waals surface area (Å²) < 4.78 is 0. The first-order valence-corrected chi connectivity index (χ1v) is 8.04. The van der Waals surface area contributed by atoms with Crippen molar-refractivity contribution in [3.63, 3.8) is 0 Å².